The van der Waals surface area contributed by atoms with Crippen LogP contribution in [0.4, 0.5) is 10.1 Å². The standard InChI is InChI=1S/C12H12FNO4/c1-18-12(17)7-4-11(16)14(6-7)8-2-3-9(13)10(15)5-8/h2-3,5,7,15H,4,6H2,1H3. The van der Waals surface area contributed by atoms with E-state index in [2.05, 4.69) is 4.74 Å². The van der Waals surface area contributed by atoms with E-state index in [-0.39, 0.29) is 18.9 Å². The van der Waals surface area contributed by atoms with Crippen molar-refractivity contribution in [3.05, 3.63) is 24.0 Å². The van der Waals surface area contributed by atoms with Gasteiger partial charge in [0.2, 0.25) is 5.91 Å². The van der Waals surface area contributed by atoms with E-state index < -0.39 is 23.5 Å². The molecule has 1 aromatic rings. The number of hydrogen-bond acceptors (Lipinski definition) is 4. The highest BCUT2D eigenvalue weighted by Gasteiger charge is 2.35. The molecule has 2 rings (SSSR count). The number of carbonyl (C=O) groups is 2. The van der Waals surface area contributed by atoms with Gasteiger partial charge in [-0.05, 0) is 12.1 Å². The first-order valence-corrected chi connectivity index (χ1v) is 5.39. The molecule has 1 saturated heterocycles. The smallest absolute Gasteiger partial charge is 0.311 e. The van der Waals surface area contributed by atoms with E-state index >= 15 is 0 Å². The molecule has 1 atom stereocenters. The molecule has 0 bridgehead atoms. The fourth-order valence-corrected chi connectivity index (χ4v) is 1.95. The minimum absolute atomic E-state index is 0.0603. The normalized spacial score (nSPS) is 19.1. The second-order valence-electron chi connectivity index (χ2n) is 4.06. The van der Waals surface area contributed by atoms with Crippen molar-refractivity contribution in [1.82, 2.24) is 0 Å². The summed E-state index contributed by atoms with van der Waals surface area (Å²) in [6.07, 6.45) is 0.0603. The molecule has 1 unspecified atom stereocenters. The third kappa shape index (κ3) is 2.13. The molecular weight excluding hydrogens is 241 g/mol. The summed E-state index contributed by atoms with van der Waals surface area (Å²) in [5, 5.41) is 9.26. The SMILES string of the molecule is COC(=O)C1CC(=O)N(c2ccc(F)c(O)c2)C1. The van der Waals surface area contributed by atoms with E-state index in [1.165, 1.54) is 18.1 Å². The molecule has 0 saturated carbocycles. The van der Waals surface area contributed by atoms with Gasteiger partial charge >= 0.3 is 5.97 Å². The van der Waals surface area contributed by atoms with Gasteiger partial charge in [-0.3, -0.25) is 9.59 Å². The number of phenolic OH excluding ortho intramolecular Hbond substituents is 1. The summed E-state index contributed by atoms with van der Waals surface area (Å²) in [4.78, 5) is 24.4. The fraction of sp³-hybridized carbons (Fsp3) is 0.333. The minimum atomic E-state index is -0.755. The van der Waals surface area contributed by atoms with Crippen LogP contribution in [0.2, 0.25) is 0 Å². The highest BCUT2D eigenvalue weighted by Crippen LogP contribution is 2.29. The van der Waals surface area contributed by atoms with E-state index in [9.17, 15) is 19.1 Å². The highest BCUT2D eigenvalue weighted by atomic mass is 19.1. The van der Waals surface area contributed by atoms with Crippen LogP contribution in [-0.4, -0.2) is 30.6 Å². The number of rotatable bonds is 2. The molecule has 1 aliphatic heterocycles. The molecule has 1 fully saturated rings. The number of anilines is 1. The predicted octanol–water partition coefficient (Wildman–Crippen LogP) is 1.06. The number of carbonyl (C=O) groups excluding carboxylic acids is 2. The summed E-state index contributed by atoms with van der Waals surface area (Å²) in [6.45, 7) is 0.177. The van der Waals surface area contributed by atoms with Gasteiger partial charge in [0.25, 0.3) is 0 Å². The third-order valence-electron chi connectivity index (χ3n) is 2.90. The molecular formula is C12H12FNO4. The average Bonchev–Trinajstić information content (AvgIpc) is 2.74. The zero-order chi connectivity index (χ0) is 13.3. The van der Waals surface area contributed by atoms with Gasteiger partial charge in [0.05, 0.1) is 13.0 Å². The van der Waals surface area contributed by atoms with Crippen LogP contribution >= 0.6 is 0 Å². The van der Waals surface area contributed by atoms with E-state index in [1.54, 1.807) is 0 Å². The Morgan fingerprint density at radius 1 is 1.56 bits per heavy atom. The van der Waals surface area contributed by atoms with Gasteiger partial charge in [-0.1, -0.05) is 0 Å². The number of esters is 1. The Morgan fingerprint density at radius 2 is 2.28 bits per heavy atom. The maximum absolute atomic E-state index is 12.9. The Bertz CT molecular complexity index is 503. The lowest BCUT2D eigenvalue weighted by Gasteiger charge is -2.16. The van der Waals surface area contributed by atoms with Crippen LogP contribution in [0.5, 0.6) is 5.75 Å². The summed E-state index contributed by atoms with van der Waals surface area (Å²) in [5.74, 6) is -2.50. The third-order valence-corrected chi connectivity index (χ3v) is 2.90. The first-order chi connectivity index (χ1) is 8.52. The van der Waals surface area contributed by atoms with Gasteiger partial charge in [-0.25, -0.2) is 4.39 Å². The summed E-state index contributed by atoms with van der Waals surface area (Å²) >= 11 is 0. The number of phenols is 1. The van der Waals surface area contributed by atoms with Crippen molar-refractivity contribution in [2.24, 2.45) is 5.92 Å². The van der Waals surface area contributed by atoms with Gasteiger partial charge in [-0.2, -0.15) is 0 Å². The van der Waals surface area contributed by atoms with Crippen molar-refractivity contribution in [3.8, 4) is 5.75 Å². The lowest BCUT2D eigenvalue weighted by molar-refractivity contribution is -0.145. The van der Waals surface area contributed by atoms with Crippen molar-refractivity contribution < 1.29 is 23.8 Å². The summed E-state index contributed by atoms with van der Waals surface area (Å²) in [5.41, 5.74) is 0.366. The minimum Gasteiger partial charge on any atom is -0.505 e. The van der Waals surface area contributed by atoms with Gasteiger partial charge in [-0.15, -0.1) is 0 Å². The molecule has 0 aliphatic carbocycles. The van der Waals surface area contributed by atoms with Crippen LogP contribution in [0.25, 0.3) is 0 Å². The lowest BCUT2D eigenvalue weighted by atomic mass is 10.1. The number of ether oxygens (including phenoxy) is 1. The first kappa shape index (κ1) is 12.3. The zero-order valence-electron chi connectivity index (χ0n) is 9.72. The van der Waals surface area contributed by atoms with E-state index in [0.29, 0.717) is 5.69 Å². The van der Waals surface area contributed by atoms with Gasteiger partial charge in [0.1, 0.15) is 0 Å². The van der Waals surface area contributed by atoms with Crippen molar-refractivity contribution >= 4 is 17.6 Å². The number of amides is 1. The predicted molar refractivity (Wildman–Crippen MR) is 60.5 cm³/mol. The Hall–Kier alpha value is -2.11. The van der Waals surface area contributed by atoms with Crippen molar-refractivity contribution in [3.63, 3.8) is 0 Å². The van der Waals surface area contributed by atoms with Crippen LogP contribution in [0.1, 0.15) is 6.42 Å². The molecule has 1 N–H and O–H groups in total. The molecule has 0 spiro atoms. The lowest BCUT2D eigenvalue weighted by Crippen LogP contribution is -2.26. The van der Waals surface area contributed by atoms with Crippen LogP contribution < -0.4 is 4.90 Å². The molecule has 6 heteroatoms. The fourth-order valence-electron chi connectivity index (χ4n) is 1.95. The molecule has 0 aromatic heterocycles. The summed E-state index contributed by atoms with van der Waals surface area (Å²) in [7, 11) is 1.26. The number of halogens is 1. The van der Waals surface area contributed by atoms with Gasteiger partial charge in [0, 0.05) is 24.7 Å². The zero-order valence-corrected chi connectivity index (χ0v) is 9.72. The Labute approximate surface area is 103 Å². The molecule has 1 aromatic carbocycles. The Kier molecular flexibility index (Phi) is 3.18. The average molecular weight is 253 g/mol. The maximum atomic E-state index is 12.9. The quantitative estimate of drug-likeness (QED) is 0.800. The second kappa shape index (κ2) is 4.64. The molecule has 18 heavy (non-hydrogen) atoms. The monoisotopic (exact) mass is 253 g/mol. The Balaban J connectivity index is 2.21. The van der Waals surface area contributed by atoms with E-state index in [1.807, 2.05) is 0 Å². The molecule has 1 amide bonds. The molecule has 1 heterocycles. The molecule has 96 valence electrons. The number of benzene rings is 1. The van der Waals surface area contributed by atoms with Crippen molar-refractivity contribution in [1.29, 1.82) is 0 Å². The number of hydrogen-bond donors (Lipinski definition) is 1. The maximum Gasteiger partial charge on any atom is 0.311 e. The molecule has 1 aliphatic rings. The van der Waals surface area contributed by atoms with Crippen molar-refractivity contribution in [2.45, 2.75) is 6.42 Å². The second-order valence-corrected chi connectivity index (χ2v) is 4.06. The highest BCUT2D eigenvalue weighted by molar-refractivity contribution is 5.99. The Morgan fingerprint density at radius 3 is 2.89 bits per heavy atom. The van der Waals surface area contributed by atoms with Crippen LogP contribution in [0.3, 0.4) is 0 Å². The largest absolute Gasteiger partial charge is 0.505 e. The van der Waals surface area contributed by atoms with E-state index in [0.717, 1.165) is 12.1 Å². The summed E-state index contributed by atoms with van der Waals surface area (Å²) in [6, 6.07) is 3.61. The molecule has 5 nitrogen and oxygen atoms in total. The van der Waals surface area contributed by atoms with Crippen LogP contribution in [-0.2, 0) is 14.3 Å². The topological polar surface area (TPSA) is 66.8 Å². The van der Waals surface area contributed by atoms with E-state index in [4.69, 9.17) is 0 Å². The summed E-state index contributed by atoms with van der Waals surface area (Å²) < 4.78 is 17.5. The number of nitrogens with zero attached hydrogens (tertiary/aromatic N) is 1. The molecule has 0 radical (unpaired) electrons. The first-order valence-electron chi connectivity index (χ1n) is 5.39. The van der Waals surface area contributed by atoms with Gasteiger partial charge < -0.3 is 14.7 Å². The number of aromatic hydroxyl groups is 1. The van der Waals surface area contributed by atoms with Crippen LogP contribution in [0, 0.1) is 11.7 Å². The van der Waals surface area contributed by atoms with Crippen molar-refractivity contribution in [2.75, 3.05) is 18.6 Å². The van der Waals surface area contributed by atoms with Crippen LogP contribution in [0.15, 0.2) is 18.2 Å². The number of methoxy groups -OCH3 is 1. The van der Waals surface area contributed by atoms with Gasteiger partial charge in [0.15, 0.2) is 11.6 Å².